The number of anilines is 6. The highest BCUT2D eigenvalue weighted by Gasteiger charge is 2.47. The van der Waals surface area contributed by atoms with Crippen molar-refractivity contribution in [3.8, 4) is 78.1 Å². The van der Waals surface area contributed by atoms with E-state index >= 15 is 0 Å². The Morgan fingerprint density at radius 3 is 1.09 bits per heavy atom. The van der Waals surface area contributed by atoms with Gasteiger partial charge in [-0.25, -0.2) is 0 Å². The van der Waals surface area contributed by atoms with E-state index in [1.807, 2.05) is 176 Å². The van der Waals surface area contributed by atoms with Crippen LogP contribution in [0.25, 0.3) is 210 Å². The quantitative estimate of drug-likeness (QED) is 0.127. The second kappa shape index (κ2) is 28.1. The van der Waals surface area contributed by atoms with E-state index < -0.39 is 114 Å². The van der Waals surface area contributed by atoms with Gasteiger partial charge in [-0.05, 0) is 223 Å². The molecule has 2 aliphatic rings. The zero-order valence-electron chi connectivity index (χ0n) is 87.8. The van der Waals surface area contributed by atoms with Crippen LogP contribution in [0.1, 0.15) is 74.6 Å². The van der Waals surface area contributed by atoms with Crippen LogP contribution in [0.4, 0.5) is 34.1 Å². The Hall–Kier alpha value is -16.4. The summed E-state index contributed by atoms with van der Waals surface area (Å²) < 4.78 is 187. The minimum atomic E-state index is -0.949. The fraction of sp³-hybridized carbons (Fsp3) is 0.0656. The molecule has 19 aromatic carbocycles. The summed E-state index contributed by atoms with van der Waals surface area (Å²) in [5.41, 5.74) is 21.1. The minimum Gasteiger partial charge on any atom is -0.456 e. The number of benzene rings is 19. The predicted molar refractivity (Wildman–Crippen MR) is 548 cm³/mol. The Balaban J connectivity index is 0.892. The molecule has 0 unspecified atom stereocenters. The van der Waals surface area contributed by atoms with Crippen LogP contribution in [0.2, 0.25) is 0 Å². The number of hydrogen-bond donors (Lipinski definition) is 0. The van der Waals surface area contributed by atoms with Crippen molar-refractivity contribution in [2.45, 2.75) is 52.4 Å². The number of furan rings is 4. The first kappa shape index (κ1) is 60.3. The number of nitrogens with zero attached hydrogens (tertiary/aromatic N) is 4. The van der Waals surface area contributed by atoms with Crippen LogP contribution in [0, 0.1) is 0 Å². The Morgan fingerprint density at radius 2 is 0.626 bits per heavy atom. The molecular formula is C122H83BN4O4. The summed E-state index contributed by atoms with van der Waals surface area (Å²) in [4.78, 5) is 4.70. The normalized spacial score (nSPS) is 14.6. The topological polar surface area (TPSA) is 68.9 Å². The van der Waals surface area contributed by atoms with E-state index in [0.717, 1.165) is 126 Å². The van der Waals surface area contributed by atoms with Gasteiger partial charge in [0, 0.05) is 127 Å². The van der Waals surface area contributed by atoms with Crippen LogP contribution < -0.4 is 26.2 Å². The molecule has 0 saturated heterocycles. The summed E-state index contributed by atoms with van der Waals surface area (Å²) in [6.07, 6.45) is 0. The van der Waals surface area contributed by atoms with Crippen LogP contribution in [0.15, 0.2) is 412 Å². The number of hydrogen-bond acceptors (Lipinski definition) is 6. The highest BCUT2D eigenvalue weighted by atomic mass is 16.3. The molecule has 618 valence electrons. The number of fused-ring (bicyclic) bond motifs is 22. The van der Waals surface area contributed by atoms with Gasteiger partial charge >= 0.3 is 0 Å². The fourth-order valence-corrected chi connectivity index (χ4v) is 21.1. The standard InChI is InChI=1S/C122H83BN4O4/c1-121(2,3)77-66-91(72-31-9-7-10-32-72)118(95(68-77)87-43-29-53-113-115(87)89-41-19-27-51-110(89)129-113)126-104-70-79(124-100-45-21-13-35-81(100)82-36-14-22-46-101(82)124)56-58-98(104)123-99-59-57-80(125-102-47-23-15-37-83(102)84-38-16-24-48-103(84)125)71-105(99)127(119-92(73-33-11-8-12-34-73)67-78(122(4,5)6)69-96(119)88-44-30-54-114-116(88)90-42-20-28-52-111(90)130-114)107-65-76(64-106(126)117(107)123)75-62-93(120-97(63-75)86-40-18-26-50-109(86)131-120)74-55-60-112-94(61-74)85-39-17-25-49-108(85)128-112/h7-71H,1-6H3/i13D,14D,15D,16D,21D,22D,23D,24D,35D,36D,37D,38D,45D,46D,47D,48D. The molecule has 6 aromatic heterocycles. The summed E-state index contributed by atoms with van der Waals surface area (Å²) in [5, 5.41) is 6.34. The molecule has 8 heterocycles. The van der Waals surface area contributed by atoms with E-state index in [0.29, 0.717) is 89.7 Å². The van der Waals surface area contributed by atoms with Crippen molar-refractivity contribution >= 4 is 189 Å². The molecule has 0 saturated carbocycles. The van der Waals surface area contributed by atoms with E-state index in [4.69, 9.17) is 17.7 Å². The van der Waals surface area contributed by atoms with Crippen molar-refractivity contribution in [2.24, 2.45) is 0 Å². The summed E-state index contributed by atoms with van der Waals surface area (Å²) in [7, 11) is 0. The van der Waals surface area contributed by atoms with Gasteiger partial charge in [0.25, 0.3) is 6.71 Å². The van der Waals surface area contributed by atoms with E-state index in [2.05, 4.69) is 173 Å². The Labute approximate surface area is 778 Å². The van der Waals surface area contributed by atoms with Crippen molar-refractivity contribution in [3.63, 3.8) is 0 Å². The highest BCUT2D eigenvalue weighted by Crippen LogP contribution is 2.59. The first-order chi connectivity index (χ1) is 70.9. The molecule has 0 amide bonds. The molecule has 0 fully saturated rings. The second-order valence-corrected chi connectivity index (χ2v) is 36.5. The van der Waals surface area contributed by atoms with E-state index in [1.165, 1.54) is 0 Å². The van der Waals surface area contributed by atoms with Crippen LogP contribution >= 0.6 is 0 Å². The largest absolute Gasteiger partial charge is 0.456 e. The second-order valence-electron chi connectivity index (χ2n) is 36.5. The minimum absolute atomic E-state index is 0.0976. The van der Waals surface area contributed by atoms with Crippen LogP contribution in [-0.2, 0) is 10.8 Å². The van der Waals surface area contributed by atoms with Crippen molar-refractivity contribution in [1.82, 2.24) is 9.13 Å². The summed E-state index contributed by atoms with van der Waals surface area (Å²) in [6.45, 7) is 12.3. The Morgan fingerprint density at radius 1 is 0.252 bits per heavy atom. The smallest absolute Gasteiger partial charge is 0.252 e. The highest BCUT2D eigenvalue weighted by molar-refractivity contribution is 7.00. The van der Waals surface area contributed by atoms with Gasteiger partial charge in [-0.1, -0.05) is 290 Å². The molecule has 0 radical (unpaired) electrons. The molecular weight excluding hydrogens is 1600 g/mol. The van der Waals surface area contributed by atoms with Gasteiger partial charge in [0.15, 0.2) is 0 Å². The molecule has 0 atom stereocenters. The molecule has 0 N–H and O–H groups in total. The first-order valence-electron chi connectivity index (χ1n) is 52.1. The van der Waals surface area contributed by atoms with Crippen LogP contribution in [0.3, 0.4) is 0 Å². The molecule has 25 aromatic rings. The Kier molecular flexibility index (Phi) is 12.9. The molecule has 27 rings (SSSR count). The third-order valence-corrected chi connectivity index (χ3v) is 27.1. The zero-order chi connectivity index (χ0) is 101. The molecule has 9 heteroatoms. The van der Waals surface area contributed by atoms with Crippen molar-refractivity contribution in [2.75, 3.05) is 9.80 Å². The van der Waals surface area contributed by atoms with Crippen LogP contribution in [-0.4, -0.2) is 15.8 Å². The Bertz CT molecular complexity index is 9620. The van der Waals surface area contributed by atoms with E-state index in [-0.39, 0.29) is 55.0 Å². The van der Waals surface area contributed by atoms with Crippen molar-refractivity contribution < 1.29 is 39.6 Å². The molecule has 8 nitrogen and oxygen atoms in total. The number of rotatable bonds is 10. The average molecular weight is 1700 g/mol. The van der Waals surface area contributed by atoms with Gasteiger partial charge < -0.3 is 36.6 Å². The van der Waals surface area contributed by atoms with Gasteiger partial charge in [0.2, 0.25) is 0 Å². The van der Waals surface area contributed by atoms with Gasteiger partial charge in [0.1, 0.15) is 44.7 Å². The maximum Gasteiger partial charge on any atom is 0.252 e. The van der Waals surface area contributed by atoms with E-state index in [1.54, 1.807) is 9.13 Å². The average Bonchev–Trinajstić information content (AvgIpc) is 1.60. The van der Waals surface area contributed by atoms with Gasteiger partial charge in [-0.3, -0.25) is 0 Å². The lowest BCUT2D eigenvalue weighted by molar-refractivity contribution is 0.590. The lowest BCUT2D eigenvalue weighted by atomic mass is 9.33. The third kappa shape index (κ3) is 11.3. The van der Waals surface area contributed by atoms with Crippen molar-refractivity contribution in [1.29, 1.82) is 0 Å². The number of aromatic nitrogens is 2. The maximum atomic E-state index is 10.2. The van der Waals surface area contributed by atoms with Crippen LogP contribution in [0.5, 0.6) is 0 Å². The SMILES string of the molecule is [2H]c1c([2H])c([2H])c2c(c1[2H])c1c([2H])c([2H])c([2H])c([2H])c1n2-c1ccc2c(c1)N(c1c(-c3ccccc3)cc(C(C)(C)C)cc1-c1cccc3oc4ccccc4c13)c1cc(-c3cc(-c4ccc5oc6ccccc6c5c4)c4oc5ccccc5c4c3)cc3c1B2c1ccc(-n2c4c([2H])c([2H])c([2H])c([2H])c4c4c([2H])c([2H])c([2H])c([2H])c42)cc1N3c1c(-c2ccccc2)cc(C(C)(C)C)cc1-c1cccc2oc3ccccc3c12. The lowest BCUT2D eigenvalue weighted by Gasteiger charge is -2.46. The maximum absolute atomic E-state index is 10.2. The predicted octanol–water partition coefficient (Wildman–Crippen LogP) is 32.2. The summed E-state index contributed by atoms with van der Waals surface area (Å²) in [6, 6.07) is 92.4. The molecule has 0 aliphatic carbocycles. The molecule has 0 spiro atoms. The fourth-order valence-electron chi connectivity index (χ4n) is 21.1. The molecule has 0 bridgehead atoms. The van der Waals surface area contributed by atoms with Gasteiger partial charge in [-0.2, -0.15) is 0 Å². The number of para-hydroxylation sites is 8. The first-order valence-corrected chi connectivity index (χ1v) is 44.1. The third-order valence-electron chi connectivity index (χ3n) is 27.1. The van der Waals surface area contributed by atoms with Crippen molar-refractivity contribution in [3.05, 3.63) is 405 Å². The molecule has 2 aliphatic heterocycles. The monoisotopic (exact) mass is 1690 g/mol. The summed E-state index contributed by atoms with van der Waals surface area (Å²) in [5.74, 6) is 0. The van der Waals surface area contributed by atoms with Gasteiger partial charge in [0.05, 0.1) is 55.4 Å². The van der Waals surface area contributed by atoms with Gasteiger partial charge in [-0.15, -0.1) is 0 Å². The molecule has 131 heavy (non-hydrogen) atoms. The zero-order valence-corrected chi connectivity index (χ0v) is 71.8. The summed E-state index contributed by atoms with van der Waals surface area (Å²) >= 11 is 0. The van der Waals surface area contributed by atoms with E-state index in [9.17, 15) is 21.9 Å². The lowest BCUT2D eigenvalue weighted by Crippen LogP contribution is -2.61.